The van der Waals surface area contributed by atoms with Crippen LogP contribution in [-0.4, -0.2) is 62.6 Å². The number of aliphatic imine (C=N–C) groups is 1. The summed E-state index contributed by atoms with van der Waals surface area (Å²) in [6.45, 7) is 8.58. The summed E-state index contributed by atoms with van der Waals surface area (Å²) in [5.74, 6) is 0.979. The van der Waals surface area contributed by atoms with Gasteiger partial charge in [-0.1, -0.05) is 6.92 Å². The molecule has 2 N–H and O–H groups in total. The number of hydrogen-bond acceptors (Lipinski definition) is 4. The zero-order valence-electron chi connectivity index (χ0n) is 14.9. The van der Waals surface area contributed by atoms with Crippen LogP contribution in [0.4, 0.5) is 5.00 Å². The fraction of sp³-hybridized carbons (Fsp3) is 0.647. The highest BCUT2D eigenvalue weighted by molar-refractivity contribution is 7.14. The second-order valence-electron chi connectivity index (χ2n) is 6.03. The molecule has 2 heterocycles. The maximum Gasteiger partial charge on any atom is 0.221 e. The van der Waals surface area contributed by atoms with Crippen molar-refractivity contribution in [3.8, 4) is 0 Å². The van der Waals surface area contributed by atoms with Crippen LogP contribution in [0.2, 0.25) is 0 Å². The number of anilines is 1. The van der Waals surface area contributed by atoms with Gasteiger partial charge in [-0.3, -0.25) is 9.79 Å². The largest absolute Gasteiger partial charge is 0.360 e. The van der Waals surface area contributed by atoms with Crippen LogP contribution in [0, 0.1) is 0 Å². The van der Waals surface area contributed by atoms with E-state index >= 15 is 0 Å². The smallest absolute Gasteiger partial charge is 0.221 e. The van der Waals surface area contributed by atoms with Crippen molar-refractivity contribution in [1.29, 1.82) is 0 Å². The van der Waals surface area contributed by atoms with E-state index in [0.717, 1.165) is 38.6 Å². The number of carbonyl (C=O) groups excluding carboxylic acids is 1. The average molecular weight is 352 g/mol. The number of nitrogens with one attached hydrogen (secondary N) is 2. The Labute approximate surface area is 148 Å². The molecule has 24 heavy (non-hydrogen) atoms. The zero-order chi connectivity index (χ0) is 17.4. The molecule has 134 valence electrons. The summed E-state index contributed by atoms with van der Waals surface area (Å²) in [4.78, 5) is 20.9. The van der Waals surface area contributed by atoms with E-state index in [2.05, 4.69) is 49.9 Å². The van der Waals surface area contributed by atoms with Gasteiger partial charge < -0.3 is 20.4 Å². The summed E-state index contributed by atoms with van der Waals surface area (Å²) in [5, 5.41) is 9.74. The van der Waals surface area contributed by atoms with Crippen LogP contribution < -0.4 is 15.5 Å². The molecule has 1 atom stereocenters. The third kappa shape index (κ3) is 5.40. The molecule has 1 amide bonds. The molecule has 1 saturated heterocycles. The van der Waals surface area contributed by atoms with E-state index in [4.69, 9.17) is 0 Å². The third-order valence-corrected chi connectivity index (χ3v) is 5.19. The number of carbonyl (C=O) groups is 1. The van der Waals surface area contributed by atoms with Crippen LogP contribution in [0.15, 0.2) is 22.5 Å². The highest BCUT2D eigenvalue weighted by Gasteiger charge is 2.20. The van der Waals surface area contributed by atoms with Gasteiger partial charge in [0.1, 0.15) is 0 Å². The molecular weight excluding hydrogens is 322 g/mol. The van der Waals surface area contributed by atoms with Gasteiger partial charge in [0.2, 0.25) is 5.91 Å². The van der Waals surface area contributed by atoms with E-state index in [-0.39, 0.29) is 11.9 Å². The Hall–Kier alpha value is -1.76. The van der Waals surface area contributed by atoms with Gasteiger partial charge in [0.05, 0.1) is 5.00 Å². The summed E-state index contributed by atoms with van der Waals surface area (Å²) in [5.41, 5.74) is 0. The summed E-state index contributed by atoms with van der Waals surface area (Å²) in [6, 6.07) is 4.50. The maximum atomic E-state index is 11.8. The minimum Gasteiger partial charge on any atom is -0.360 e. The Morgan fingerprint density at radius 2 is 2.12 bits per heavy atom. The zero-order valence-corrected chi connectivity index (χ0v) is 15.7. The monoisotopic (exact) mass is 351 g/mol. The molecule has 6 nitrogen and oxygen atoms in total. The molecule has 1 aromatic heterocycles. The molecule has 0 aliphatic carbocycles. The first-order valence-electron chi connectivity index (χ1n) is 8.67. The first kappa shape index (κ1) is 18.6. The van der Waals surface area contributed by atoms with Gasteiger partial charge >= 0.3 is 0 Å². The van der Waals surface area contributed by atoms with E-state index in [1.807, 2.05) is 6.92 Å². The Kier molecular flexibility index (Phi) is 7.36. The van der Waals surface area contributed by atoms with Crippen LogP contribution in [0.3, 0.4) is 0 Å². The first-order chi connectivity index (χ1) is 11.6. The van der Waals surface area contributed by atoms with Crippen molar-refractivity contribution in [2.45, 2.75) is 32.7 Å². The van der Waals surface area contributed by atoms with Gasteiger partial charge in [-0.2, -0.15) is 0 Å². The number of amides is 1. The number of hydrogen-bond donors (Lipinski definition) is 2. The molecule has 0 spiro atoms. The van der Waals surface area contributed by atoms with Crippen molar-refractivity contribution in [2.75, 3.05) is 44.7 Å². The van der Waals surface area contributed by atoms with Gasteiger partial charge in [0.25, 0.3) is 0 Å². The highest BCUT2D eigenvalue weighted by Crippen LogP contribution is 2.22. The van der Waals surface area contributed by atoms with E-state index in [1.165, 1.54) is 5.00 Å². The van der Waals surface area contributed by atoms with Crippen molar-refractivity contribution in [3.05, 3.63) is 17.5 Å². The molecule has 1 fully saturated rings. The normalized spacial score (nSPS) is 16.9. The highest BCUT2D eigenvalue weighted by atomic mass is 32.1. The fourth-order valence-electron chi connectivity index (χ4n) is 2.66. The Bertz CT molecular complexity index is 523. The van der Waals surface area contributed by atoms with Gasteiger partial charge in [-0.25, -0.2) is 0 Å². The Morgan fingerprint density at radius 1 is 1.38 bits per heavy atom. The SMILES string of the molecule is CCC(C)NC(=O)CCNC(=NC)N1CCN(c2cccs2)CC1. The van der Waals surface area contributed by atoms with Crippen molar-refractivity contribution in [3.63, 3.8) is 0 Å². The van der Waals surface area contributed by atoms with E-state index in [0.29, 0.717) is 13.0 Å². The quantitative estimate of drug-likeness (QED) is 0.606. The number of nitrogens with zero attached hydrogens (tertiary/aromatic N) is 3. The lowest BCUT2D eigenvalue weighted by molar-refractivity contribution is -0.121. The molecule has 7 heteroatoms. The van der Waals surface area contributed by atoms with Crippen LogP contribution in [0.1, 0.15) is 26.7 Å². The van der Waals surface area contributed by atoms with E-state index < -0.39 is 0 Å². The fourth-order valence-corrected chi connectivity index (χ4v) is 3.44. The third-order valence-electron chi connectivity index (χ3n) is 4.26. The molecule has 1 aromatic rings. The molecule has 0 bridgehead atoms. The Morgan fingerprint density at radius 3 is 2.71 bits per heavy atom. The van der Waals surface area contributed by atoms with Gasteiger partial charge in [0.15, 0.2) is 5.96 Å². The number of piperazine rings is 1. The van der Waals surface area contributed by atoms with Gasteiger partial charge in [-0.05, 0) is 30.9 Å². The summed E-state index contributed by atoms with van der Waals surface area (Å²) >= 11 is 1.79. The predicted octanol–water partition coefficient (Wildman–Crippen LogP) is 1.75. The second-order valence-corrected chi connectivity index (χ2v) is 6.95. The average Bonchev–Trinajstić information content (AvgIpc) is 3.13. The lowest BCUT2D eigenvalue weighted by Crippen LogP contribution is -2.52. The van der Waals surface area contributed by atoms with Crippen molar-refractivity contribution in [2.24, 2.45) is 4.99 Å². The molecule has 0 radical (unpaired) electrons. The lowest BCUT2D eigenvalue weighted by Gasteiger charge is -2.37. The lowest BCUT2D eigenvalue weighted by atomic mass is 10.2. The van der Waals surface area contributed by atoms with Crippen molar-refractivity contribution >= 4 is 28.2 Å². The minimum atomic E-state index is 0.0924. The standard InChI is InChI=1S/C17H29N5OS/c1-4-14(2)20-15(23)7-8-19-17(18-3)22-11-9-21(10-12-22)16-6-5-13-24-16/h5-6,13-14H,4,7-12H2,1-3H3,(H,18,19)(H,20,23). The molecular formula is C17H29N5OS. The van der Waals surface area contributed by atoms with Crippen molar-refractivity contribution < 1.29 is 4.79 Å². The summed E-state index contributed by atoms with van der Waals surface area (Å²) in [6.07, 6.45) is 1.42. The van der Waals surface area contributed by atoms with E-state index in [1.54, 1.807) is 18.4 Å². The van der Waals surface area contributed by atoms with Crippen molar-refractivity contribution in [1.82, 2.24) is 15.5 Å². The summed E-state index contributed by atoms with van der Waals surface area (Å²) in [7, 11) is 1.80. The summed E-state index contributed by atoms with van der Waals surface area (Å²) < 4.78 is 0. The molecule has 0 aromatic carbocycles. The predicted molar refractivity (Wildman–Crippen MR) is 102 cm³/mol. The van der Waals surface area contributed by atoms with Gasteiger partial charge in [-0.15, -0.1) is 11.3 Å². The van der Waals surface area contributed by atoms with Crippen LogP contribution >= 0.6 is 11.3 Å². The van der Waals surface area contributed by atoms with Crippen LogP contribution in [0.25, 0.3) is 0 Å². The number of guanidine groups is 1. The van der Waals surface area contributed by atoms with Crippen LogP contribution in [-0.2, 0) is 4.79 Å². The maximum absolute atomic E-state index is 11.8. The van der Waals surface area contributed by atoms with E-state index in [9.17, 15) is 4.79 Å². The Balaban J connectivity index is 1.72. The number of rotatable bonds is 6. The molecule has 1 aliphatic rings. The molecule has 1 unspecified atom stereocenters. The topological polar surface area (TPSA) is 60.0 Å². The molecule has 0 saturated carbocycles. The first-order valence-corrected chi connectivity index (χ1v) is 9.55. The van der Waals surface area contributed by atoms with Gasteiger partial charge in [0, 0.05) is 52.2 Å². The molecule has 1 aliphatic heterocycles. The minimum absolute atomic E-state index is 0.0924. The molecule has 2 rings (SSSR count). The number of thiophene rings is 1. The van der Waals surface area contributed by atoms with Crippen LogP contribution in [0.5, 0.6) is 0 Å². The second kappa shape index (κ2) is 9.52.